The number of amides is 2. The Kier molecular flexibility index (Phi) is 12.9. The Balaban J connectivity index is 1.79. The molecule has 0 aliphatic rings. The number of sulfonamides is 1. The maximum atomic E-state index is 13.6. The summed E-state index contributed by atoms with van der Waals surface area (Å²) in [5.41, 5.74) is 25.9. The van der Waals surface area contributed by atoms with Crippen molar-refractivity contribution in [3.63, 3.8) is 0 Å². The lowest BCUT2D eigenvalue weighted by Crippen LogP contribution is -2.54. The average Bonchev–Trinajstić information content (AvgIpc) is 3.01. The predicted octanol–water partition coefficient (Wildman–Crippen LogP) is 0.964. The first-order valence-corrected chi connectivity index (χ1v) is 16.1. The van der Waals surface area contributed by atoms with E-state index in [4.69, 9.17) is 22.9 Å². The Morgan fingerprint density at radius 1 is 0.778 bits per heavy atom. The molecule has 0 saturated heterocycles. The highest BCUT2D eigenvalue weighted by molar-refractivity contribution is 7.90. The number of nitrogens with one attached hydrogen (secondary N) is 3. The van der Waals surface area contributed by atoms with Crippen molar-refractivity contribution in [2.45, 2.75) is 44.8 Å². The van der Waals surface area contributed by atoms with Crippen LogP contribution < -0.4 is 38.3 Å². The van der Waals surface area contributed by atoms with Crippen molar-refractivity contribution in [2.24, 2.45) is 32.9 Å². The minimum atomic E-state index is -3.87. The first kappa shape index (κ1) is 34.5. The lowest BCUT2D eigenvalue weighted by molar-refractivity contribution is -0.129. The SMILES string of the molecule is CCS(=O)(=O)NC(=O)[C@@H](Cc1ccc(-c2ccccc2)cc1)NC(=O)[C@H](CCCN=C(N)N)NCc1ccc(N=C(N)N)cc1. The van der Waals surface area contributed by atoms with E-state index in [0.717, 1.165) is 22.3 Å². The number of benzene rings is 3. The molecule has 14 heteroatoms. The number of guanidine groups is 2. The zero-order valence-corrected chi connectivity index (χ0v) is 26.0. The van der Waals surface area contributed by atoms with Gasteiger partial charge in [-0.2, -0.15) is 0 Å². The molecule has 2 amide bonds. The molecule has 0 aliphatic heterocycles. The molecule has 0 unspecified atom stereocenters. The third kappa shape index (κ3) is 11.9. The molecular weight excluding hydrogens is 594 g/mol. The highest BCUT2D eigenvalue weighted by Crippen LogP contribution is 2.20. The van der Waals surface area contributed by atoms with E-state index in [0.29, 0.717) is 31.6 Å². The highest BCUT2D eigenvalue weighted by Gasteiger charge is 2.28. The Morgan fingerprint density at radius 3 is 2.00 bits per heavy atom. The first-order chi connectivity index (χ1) is 21.5. The summed E-state index contributed by atoms with van der Waals surface area (Å²) in [6.45, 7) is 2.03. The highest BCUT2D eigenvalue weighted by atomic mass is 32.2. The molecule has 0 aliphatic carbocycles. The van der Waals surface area contributed by atoms with Crippen LogP contribution in [0.5, 0.6) is 0 Å². The van der Waals surface area contributed by atoms with E-state index in [1.807, 2.05) is 66.7 Å². The van der Waals surface area contributed by atoms with Crippen molar-refractivity contribution in [2.75, 3.05) is 12.3 Å². The molecule has 0 spiro atoms. The number of carbonyl (C=O) groups is 2. The standard InChI is InChI=1S/C31H41N9O4S/c1-2-45(43,44)40-29(42)27(19-21-10-14-24(15-11-21)23-7-4-3-5-8-23)39-28(41)26(9-6-18-36-30(32)33)37-20-22-12-16-25(17-13-22)38-31(34)35/h3-5,7-8,10-17,26-27,37H,2,6,9,18-20H2,1H3,(H,39,41)(H,40,42)(H4,32,33,36)(H4,34,35,38)/t26-,27+/m0/s1. The number of aliphatic imine (C=N–C) groups is 2. The summed E-state index contributed by atoms with van der Waals surface area (Å²) in [6, 6.07) is 22.5. The van der Waals surface area contributed by atoms with E-state index in [1.54, 1.807) is 12.1 Å². The van der Waals surface area contributed by atoms with E-state index >= 15 is 0 Å². The van der Waals surface area contributed by atoms with Crippen LogP contribution >= 0.6 is 0 Å². The van der Waals surface area contributed by atoms with Crippen molar-refractivity contribution < 1.29 is 18.0 Å². The molecular formula is C31H41N9O4S. The fourth-order valence-electron chi connectivity index (χ4n) is 4.39. The summed E-state index contributed by atoms with van der Waals surface area (Å²) in [5, 5.41) is 5.99. The fourth-order valence-corrected chi connectivity index (χ4v) is 4.98. The van der Waals surface area contributed by atoms with Crippen molar-refractivity contribution in [1.82, 2.24) is 15.4 Å². The molecule has 3 rings (SSSR count). The van der Waals surface area contributed by atoms with Gasteiger partial charge in [-0.15, -0.1) is 0 Å². The van der Waals surface area contributed by atoms with Crippen LogP contribution in [0.1, 0.15) is 30.9 Å². The molecule has 45 heavy (non-hydrogen) atoms. The van der Waals surface area contributed by atoms with Crippen LogP contribution in [0.4, 0.5) is 5.69 Å². The maximum Gasteiger partial charge on any atom is 0.256 e. The van der Waals surface area contributed by atoms with Crippen molar-refractivity contribution in [1.29, 1.82) is 0 Å². The molecule has 0 aromatic heterocycles. The Labute approximate surface area is 263 Å². The minimum Gasteiger partial charge on any atom is -0.370 e. The second-order valence-corrected chi connectivity index (χ2v) is 12.3. The maximum absolute atomic E-state index is 13.6. The van der Waals surface area contributed by atoms with Gasteiger partial charge in [-0.25, -0.2) is 13.4 Å². The molecule has 3 aromatic rings. The third-order valence-corrected chi connectivity index (χ3v) is 8.05. The summed E-state index contributed by atoms with van der Waals surface area (Å²) in [4.78, 5) is 34.8. The molecule has 0 fully saturated rings. The van der Waals surface area contributed by atoms with Crippen LogP contribution in [0.25, 0.3) is 11.1 Å². The third-order valence-electron chi connectivity index (χ3n) is 6.78. The predicted molar refractivity (Wildman–Crippen MR) is 178 cm³/mol. The van der Waals surface area contributed by atoms with Gasteiger partial charge in [0, 0.05) is 19.5 Å². The zero-order chi connectivity index (χ0) is 32.8. The fraction of sp³-hybridized carbons (Fsp3) is 0.290. The van der Waals surface area contributed by atoms with Crippen LogP contribution in [0.15, 0.2) is 88.8 Å². The van der Waals surface area contributed by atoms with Gasteiger partial charge in [-0.1, -0.05) is 66.7 Å². The summed E-state index contributed by atoms with van der Waals surface area (Å²) < 4.78 is 26.6. The second kappa shape index (κ2) is 16.8. The van der Waals surface area contributed by atoms with Gasteiger partial charge in [0.25, 0.3) is 5.91 Å². The Morgan fingerprint density at radius 2 is 1.40 bits per heavy atom. The number of hydrogen-bond acceptors (Lipinski definition) is 7. The number of nitrogens with two attached hydrogens (primary N) is 4. The van der Waals surface area contributed by atoms with Crippen LogP contribution in [-0.4, -0.2) is 56.5 Å². The van der Waals surface area contributed by atoms with Crippen molar-refractivity contribution >= 4 is 39.4 Å². The molecule has 240 valence electrons. The van der Waals surface area contributed by atoms with Crippen molar-refractivity contribution in [3.05, 3.63) is 90.0 Å². The molecule has 11 N–H and O–H groups in total. The van der Waals surface area contributed by atoms with Gasteiger partial charge >= 0.3 is 0 Å². The number of hydrogen-bond donors (Lipinski definition) is 7. The smallest absolute Gasteiger partial charge is 0.256 e. The van der Waals surface area contributed by atoms with E-state index in [2.05, 4.69) is 25.3 Å². The van der Waals surface area contributed by atoms with Gasteiger partial charge in [0.05, 0.1) is 17.5 Å². The first-order valence-electron chi connectivity index (χ1n) is 14.4. The molecule has 3 aromatic carbocycles. The molecule has 0 radical (unpaired) electrons. The number of rotatable bonds is 16. The monoisotopic (exact) mass is 635 g/mol. The van der Waals surface area contributed by atoms with E-state index in [9.17, 15) is 18.0 Å². The number of carbonyl (C=O) groups excluding carboxylic acids is 2. The summed E-state index contributed by atoms with van der Waals surface area (Å²) in [6.07, 6.45) is 0.870. The van der Waals surface area contributed by atoms with Gasteiger partial charge < -0.3 is 33.6 Å². The zero-order valence-electron chi connectivity index (χ0n) is 25.1. The van der Waals surface area contributed by atoms with Crippen LogP contribution in [0.2, 0.25) is 0 Å². The van der Waals surface area contributed by atoms with Gasteiger partial charge in [-0.05, 0) is 54.2 Å². The summed E-state index contributed by atoms with van der Waals surface area (Å²) in [5.74, 6) is -1.71. The second-order valence-electron chi connectivity index (χ2n) is 10.3. The van der Waals surface area contributed by atoms with Gasteiger partial charge in [-0.3, -0.25) is 19.3 Å². The quantitative estimate of drug-likeness (QED) is 0.0674. The Hall–Kier alpha value is -4.95. The van der Waals surface area contributed by atoms with Gasteiger partial charge in [0.15, 0.2) is 11.9 Å². The Bertz CT molecular complexity index is 1570. The summed E-state index contributed by atoms with van der Waals surface area (Å²) >= 11 is 0. The molecule has 13 nitrogen and oxygen atoms in total. The molecule has 0 saturated carbocycles. The van der Waals surface area contributed by atoms with E-state index < -0.39 is 33.9 Å². The molecule has 0 heterocycles. The molecule has 2 atom stereocenters. The van der Waals surface area contributed by atoms with Gasteiger partial charge in [0.2, 0.25) is 15.9 Å². The lowest BCUT2D eigenvalue weighted by atomic mass is 10.00. The minimum absolute atomic E-state index is 0.0584. The van der Waals surface area contributed by atoms with E-state index in [1.165, 1.54) is 6.92 Å². The van der Waals surface area contributed by atoms with Crippen LogP contribution in [-0.2, 0) is 32.6 Å². The topological polar surface area (TPSA) is 233 Å². The van der Waals surface area contributed by atoms with Crippen molar-refractivity contribution in [3.8, 4) is 11.1 Å². The number of nitrogens with zero attached hydrogens (tertiary/aromatic N) is 2. The molecule has 0 bridgehead atoms. The summed E-state index contributed by atoms with van der Waals surface area (Å²) in [7, 11) is -3.87. The van der Waals surface area contributed by atoms with Gasteiger partial charge in [0.1, 0.15) is 6.04 Å². The largest absolute Gasteiger partial charge is 0.370 e. The van der Waals surface area contributed by atoms with E-state index in [-0.39, 0.29) is 24.1 Å². The van der Waals surface area contributed by atoms with Crippen LogP contribution in [0, 0.1) is 0 Å². The lowest BCUT2D eigenvalue weighted by Gasteiger charge is -2.23. The average molecular weight is 636 g/mol. The van der Waals surface area contributed by atoms with Crippen LogP contribution in [0.3, 0.4) is 0 Å². The normalized spacial score (nSPS) is 12.4.